The zero-order valence-corrected chi connectivity index (χ0v) is 12.0. The number of carbonyl (C=O) groups excluding carboxylic acids is 1. The lowest BCUT2D eigenvalue weighted by Crippen LogP contribution is -2.30. The minimum Gasteiger partial charge on any atom is -0.497 e. The Morgan fingerprint density at radius 3 is 2.86 bits per heavy atom. The van der Waals surface area contributed by atoms with Gasteiger partial charge >= 0.3 is 0 Å². The van der Waals surface area contributed by atoms with Crippen LogP contribution in [0.4, 0.5) is 0 Å². The lowest BCUT2D eigenvalue weighted by atomic mass is 10.2. The molecule has 0 bridgehead atoms. The van der Waals surface area contributed by atoms with Crippen molar-refractivity contribution in [2.45, 2.75) is 20.1 Å². The van der Waals surface area contributed by atoms with E-state index in [1.807, 2.05) is 24.3 Å². The molecule has 1 amide bonds. The summed E-state index contributed by atoms with van der Waals surface area (Å²) in [7, 11) is 1.62. The van der Waals surface area contributed by atoms with E-state index in [1.54, 1.807) is 20.1 Å². The molecule has 0 atom stereocenters. The molecule has 0 aliphatic rings. The lowest BCUT2D eigenvalue weighted by molar-refractivity contribution is 0.0922. The number of hydrogen-bond acceptors (Lipinski definition) is 5. The second kappa shape index (κ2) is 6.92. The average Bonchev–Trinajstić information content (AvgIpc) is 2.87. The number of furan rings is 1. The van der Waals surface area contributed by atoms with Crippen LogP contribution in [0.2, 0.25) is 0 Å². The second-order valence-corrected chi connectivity index (χ2v) is 4.50. The maximum absolute atomic E-state index is 11.5. The predicted octanol–water partition coefficient (Wildman–Crippen LogP) is 1.92. The van der Waals surface area contributed by atoms with Gasteiger partial charge in [0, 0.05) is 0 Å². The first-order valence-corrected chi connectivity index (χ1v) is 6.45. The second-order valence-electron chi connectivity index (χ2n) is 4.50. The largest absolute Gasteiger partial charge is 0.497 e. The molecule has 2 aromatic rings. The normalized spacial score (nSPS) is 10.4. The van der Waals surface area contributed by atoms with Crippen LogP contribution in [0.15, 0.2) is 34.7 Å². The Balaban J connectivity index is 1.93. The van der Waals surface area contributed by atoms with Crippen LogP contribution >= 0.6 is 0 Å². The fourth-order valence-corrected chi connectivity index (χ4v) is 1.95. The Hall–Kier alpha value is -2.31. The Morgan fingerprint density at radius 1 is 1.33 bits per heavy atom. The molecule has 0 saturated carbocycles. The third-order valence-corrected chi connectivity index (χ3v) is 2.99. The van der Waals surface area contributed by atoms with Crippen LogP contribution in [0.5, 0.6) is 5.75 Å². The molecule has 0 radical (unpaired) electrons. The fourth-order valence-electron chi connectivity index (χ4n) is 1.95. The third-order valence-electron chi connectivity index (χ3n) is 2.99. The van der Waals surface area contributed by atoms with Gasteiger partial charge in [-0.1, -0.05) is 12.1 Å². The number of carbonyl (C=O) groups is 1. The summed E-state index contributed by atoms with van der Waals surface area (Å²) in [6, 6.07) is 9.25. The fraction of sp³-hybridized carbons (Fsp3) is 0.267. The van der Waals surface area contributed by atoms with E-state index in [1.165, 1.54) is 0 Å². The quantitative estimate of drug-likeness (QED) is 0.482. The summed E-state index contributed by atoms with van der Waals surface area (Å²) in [5.41, 5.74) is 3.49. The third kappa shape index (κ3) is 3.84. The van der Waals surface area contributed by atoms with Gasteiger partial charge in [-0.3, -0.25) is 10.2 Å². The molecular weight excluding hydrogens is 272 g/mol. The summed E-state index contributed by atoms with van der Waals surface area (Å²) in [5.74, 6) is 6.60. The van der Waals surface area contributed by atoms with Gasteiger partial charge in [-0.25, -0.2) is 5.84 Å². The number of ether oxygens (including phenoxy) is 2. The molecule has 0 spiro atoms. The van der Waals surface area contributed by atoms with E-state index in [4.69, 9.17) is 19.7 Å². The van der Waals surface area contributed by atoms with Gasteiger partial charge in [0.25, 0.3) is 5.91 Å². The molecule has 0 aliphatic carbocycles. The molecule has 1 heterocycles. The van der Waals surface area contributed by atoms with E-state index >= 15 is 0 Å². The molecular formula is C15H18N2O4. The zero-order chi connectivity index (χ0) is 15.2. The molecule has 21 heavy (non-hydrogen) atoms. The maximum atomic E-state index is 11.5. The summed E-state index contributed by atoms with van der Waals surface area (Å²) in [4.78, 5) is 11.5. The molecule has 6 nitrogen and oxygen atoms in total. The van der Waals surface area contributed by atoms with Crippen LogP contribution in [0.3, 0.4) is 0 Å². The number of hydrazine groups is 1. The van der Waals surface area contributed by atoms with Crippen molar-refractivity contribution in [3.8, 4) is 5.75 Å². The van der Waals surface area contributed by atoms with Crippen molar-refractivity contribution in [2.24, 2.45) is 5.84 Å². The molecule has 112 valence electrons. The summed E-state index contributed by atoms with van der Waals surface area (Å²) < 4.78 is 16.2. The number of methoxy groups -OCH3 is 1. The number of hydrogen-bond donors (Lipinski definition) is 2. The Kier molecular flexibility index (Phi) is 4.97. The highest BCUT2D eigenvalue weighted by Gasteiger charge is 2.13. The van der Waals surface area contributed by atoms with Crippen LogP contribution in [-0.2, 0) is 18.0 Å². The first kappa shape index (κ1) is 15.1. The summed E-state index contributed by atoms with van der Waals surface area (Å²) in [6.45, 7) is 2.40. The first-order chi connectivity index (χ1) is 10.1. The molecule has 0 fully saturated rings. The number of amides is 1. The van der Waals surface area contributed by atoms with E-state index in [0.717, 1.165) is 11.3 Å². The Morgan fingerprint density at radius 2 is 2.14 bits per heavy atom. The minimum absolute atomic E-state index is 0.274. The van der Waals surface area contributed by atoms with Crippen molar-refractivity contribution in [2.75, 3.05) is 7.11 Å². The smallest absolute Gasteiger partial charge is 0.268 e. The molecule has 0 aliphatic heterocycles. The number of nitrogens with one attached hydrogen (secondary N) is 1. The monoisotopic (exact) mass is 290 g/mol. The van der Waals surface area contributed by atoms with Gasteiger partial charge in [-0.05, 0) is 30.7 Å². The molecule has 0 saturated heterocycles. The van der Waals surface area contributed by atoms with Crippen molar-refractivity contribution in [3.05, 3.63) is 53.0 Å². The predicted molar refractivity (Wildman–Crippen MR) is 76.6 cm³/mol. The average molecular weight is 290 g/mol. The van der Waals surface area contributed by atoms with Crippen LogP contribution in [0, 0.1) is 6.92 Å². The molecule has 1 aromatic carbocycles. The number of aryl methyl sites for hydroxylation is 1. The van der Waals surface area contributed by atoms with E-state index < -0.39 is 0 Å². The van der Waals surface area contributed by atoms with Crippen LogP contribution in [0.1, 0.15) is 27.4 Å². The zero-order valence-electron chi connectivity index (χ0n) is 12.0. The summed E-state index contributed by atoms with van der Waals surface area (Å²) in [5, 5.41) is 0. The van der Waals surface area contributed by atoms with E-state index in [9.17, 15) is 4.79 Å². The summed E-state index contributed by atoms with van der Waals surface area (Å²) >= 11 is 0. The highest BCUT2D eigenvalue weighted by atomic mass is 16.5. The molecule has 2 rings (SSSR count). The van der Waals surface area contributed by atoms with Gasteiger partial charge in [0.1, 0.15) is 23.9 Å². The lowest BCUT2D eigenvalue weighted by Gasteiger charge is -2.05. The van der Waals surface area contributed by atoms with Crippen LogP contribution in [-0.4, -0.2) is 13.0 Å². The SMILES string of the molecule is COc1cccc(COCc2cc(C(=O)NN)c(C)o2)c1. The highest BCUT2D eigenvalue weighted by Crippen LogP contribution is 2.17. The van der Waals surface area contributed by atoms with Crippen LogP contribution in [0.25, 0.3) is 0 Å². The van der Waals surface area contributed by atoms with Crippen molar-refractivity contribution in [1.29, 1.82) is 0 Å². The van der Waals surface area contributed by atoms with Gasteiger partial charge in [0.2, 0.25) is 0 Å². The topological polar surface area (TPSA) is 86.7 Å². The van der Waals surface area contributed by atoms with Gasteiger partial charge < -0.3 is 13.9 Å². The first-order valence-electron chi connectivity index (χ1n) is 6.45. The number of nitrogen functional groups attached to an aromatic ring is 1. The molecule has 6 heteroatoms. The number of benzene rings is 1. The molecule has 1 aromatic heterocycles. The van der Waals surface area contributed by atoms with E-state index in [2.05, 4.69) is 5.43 Å². The maximum Gasteiger partial charge on any atom is 0.268 e. The highest BCUT2D eigenvalue weighted by molar-refractivity contribution is 5.94. The molecule has 0 unspecified atom stereocenters. The van der Waals surface area contributed by atoms with Gasteiger partial charge in [0.05, 0.1) is 19.3 Å². The molecule has 3 N–H and O–H groups in total. The van der Waals surface area contributed by atoms with Gasteiger partial charge in [0.15, 0.2) is 0 Å². The van der Waals surface area contributed by atoms with Crippen LogP contribution < -0.4 is 16.0 Å². The van der Waals surface area contributed by atoms with Crippen molar-refractivity contribution < 1.29 is 18.7 Å². The number of rotatable bonds is 6. The Bertz CT molecular complexity index is 622. The van der Waals surface area contributed by atoms with Crippen molar-refractivity contribution in [3.63, 3.8) is 0 Å². The number of nitrogens with two attached hydrogens (primary N) is 1. The minimum atomic E-state index is -0.379. The van der Waals surface area contributed by atoms with Gasteiger partial charge in [-0.2, -0.15) is 0 Å². The Labute approximate surface area is 122 Å². The van der Waals surface area contributed by atoms with Gasteiger partial charge in [-0.15, -0.1) is 0 Å². The van der Waals surface area contributed by atoms with E-state index in [-0.39, 0.29) is 12.5 Å². The van der Waals surface area contributed by atoms with E-state index in [0.29, 0.717) is 23.7 Å². The van der Waals surface area contributed by atoms with Crippen molar-refractivity contribution >= 4 is 5.91 Å². The summed E-state index contributed by atoms with van der Waals surface area (Å²) in [6.07, 6.45) is 0. The van der Waals surface area contributed by atoms with Crippen molar-refractivity contribution in [1.82, 2.24) is 5.43 Å². The standard InChI is InChI=1S/C15H18N2O4/c1-10-14(15(18)17-16)7-13(21-10)9-20-8-11-4-3-5-12(6-11)19-2/h3-7H,8-9,16H2,1-2H3,(H,17,18).